The largest absolute Gasteiger partial charge is 0.466 e. The van der Waals surface area contributed by atoms with Crippen molar-refractivity contribution in [3.63, 3.8) is 0 Å². The Morgan fingerprint density at radius 3 is 2.88 bits per heavy atom. The van der Waals surface area contributed by atoms with Gasteiger partial charge in [-0.05, 0) is 18.1 Å². The highest BCUT2D eigenvalue weighted by atomic mass is 16.6. The molecule has 0 N–H and O–H groups in total. The zero-order chi connectivity index (χ0) is 11.8. The Bertz CT molecular complexity index is 374. The van der Waals surface area contributed by atoms with Crippen LogP contribution in [0.5, 0.6) is 0 Å². The molecule has 0 aliphatic heterocycles. The summed E-state index contributed by atoms with van der Waals surface area (Å²) in [6, 6.07) is 7.50. The van der Waals surface area contributed by atoms with E-state index in [4.69, 9.17) is 4.74 Å². The average Bonchev–Trinajstić information content (AvgIpc) is 2.28. The van der Waals surface area contributed by atoms with Crippen LogP contribution in [0.1, 0.15) is 18.1 Å². The van der Waals surface area contributed by atoms with Crippen LogP contribution in [0.15, 0.2) is 29.4 Å². The van der Waals surface area contributed by atoms with Crippen LogP contribution in [0, 0.1) is 0 Å². The van der Waals surface area contributed by atoms with Crippen LogP contribution < -0.4 is 0 Å². The van der Waals surface area contributed by atoms with Crippen LogP contribution in [0.2, 0.25) is 0 Å². The lowest BCUT2D eigenvalue weighted by atomic mass is 10.1. The smallest absolute Gasteiger partial charge is 0.310 e. The molecule has 4 nitrogen and oxygen atoms in total. The quantitative estimate of drug-likeness (QED) is 0.432. The first-order valence-corrected chi connectivity index (χ1v) is 5.08. The molecule has 0 spiro atoms. The molecule has 86 valence electrons. The molecule has 1 aromatic rings. The molecule has 0 aliphatic rings. The Hall–Kier alpha value is -1.84. The van der Waals surface area contributed by atoms with E-state index in [9.17, 15) is 4.79 Å². The number of nitrogens with zero attached hydrogens (tertiary/aromatic N) is 1. The standard InChI is InChI=1S/C12H15NO3/c1-3-16-12(14)8-10-6-4-5-7-11(10)9-13-15-2/h4-7,9H,3,8H2,1-2H3. The third-order valence-electron chi connectivity index (χ3n) is 1.99. The fourth-order valence-corrected chi connectivity index (χ4v) is 1.30. The Kier molecular flexibility index (Phi) is 5.05. The number of hydrogen-bond donors (Lipinski definition) is 0. The maximum Gasteiger partial charge on any atom is 0.310 e. The van der Waals surface area contributed by atoms with Gasteiger partial charge in [-0.3, -0.25) is 4.79 Å². The van der Waals surface area contributed by atoms with Crippen molar-refractivity contribution in [3.05, 3.63) is 35.4 Å². The zero-order valence-corrected chi connectivity index (χ0v) is 9.47. The normalized spacial score (nSPS) is 10.4. The molecule has 0 radical (unpaired) electrons. The van der Waals surface area contributed by atoms with Crippen molar-refractivity contribution >= 4 is 12.2 Å². The third kappa shape index (κ3) is 3.73. The highest BCUT2D eigenvalue weighted by Crippen LogP contribution is 2.08. The van der Waals surface area contributed by atoms with E-state index in [2.05, 4.69) is 9.99 Å². The molecular formula is C12H15NO3. The van der Waals surface area contributed by atoms with Crippen LogP contribution in [0.25, 0.3) is 0 Å². The van der Waals surface area contributed by atoms with Crippen LogP contribution in [0.4, 0.5) is 0 Å². The fourth-order valence-electron chi connectivity index (χ4n) is 1.30. The molecule has 16 heavy (non-hydrogen) atoms. The molecule has 0 fully saturated rings. The van der Waals surface area contributed by atoms with E-state index in [0.717, 1.165) is 11.1 Å². The molecule has 0 heterocycles. The van der Waals surface area contributed by atoms with Crippen molar-refractivity contribution in [1.29, 1.82) is 0 Å². The Morgan fingerprint density at radius 1 is 1.44 bits per heavy atom. The van der Waals surface area contributed by atoms with Crippen LogP contribution in [-0.4, -0.2) is 25.9 Å². The van der Waals surface area contributed by atoms with Crippen LogP contribution >= 0.6 is 0 Å². The summed E-state index contributed by atoms with van der Waals surface area (Å²) in [4.78, 5) is 15.9. The number of oxime groups is 1. The van der Waals surface area contributed by atoms with Gasteiger partial charge in [0.2, 0.25) is 0 Å². The van der Waals surface area contributed by atoms with Crippen molar-refractivity contribution in [3.8, 4) is 0 Å². The van der Waals surface area contributed by atoms with E-state index in [0.29, 0.717) is 6.61 Å². The summed E-state index contributed by atoms with van der Waals surface area (Å²) in [5, 5.41) is 3.68. The minimum absolute atomic E-state index is 0.235. The SMILES string of the molecule is CCOC(=O)Cc1ccccc1C=NOC. The molecule has 0 saturated heterocycles. The number of carbonyl (C=O) groups excluding carboxylic acids is 1. The monoisotopic (exact) mass is 221 g/mol. The van der Waals surface area contributed by atoms with Gasteiger partial charge in [0.25, 0.3) is 0 Å². The van der Waals surface area contributed by atoms with Crippen molar-refractivity contribution in [1.82, 2.24) is 0 Å². The van der Waals surface area contributed by atoms with Crippen molar-refractivity contribution < 1.29 is 14.4 Å². The molecule has 0 atom stereocenters. The summed E-state index contributed by atoms with van der Waals surface area (Å²) >= 11 is 0. The number of carbonyl (C=O) groups is 1. The van der Waals surface area contributed by atoms with E-state index in [1.54, 1.807) is 13.1 Å². The molecule has 0 unspecified atom stereocenters. The second kappa shape index (κ2) is 6.61. The molecule has 1 aromatic carbocycles. The van der Waals surface area contributed by atoms with E-state index in [-0.39, 0.29) is 12.4 Å². The van der Waals surface area contributed by atoms with Gasteiger partial charge in [-0.2, -0.15) is 0 Å². The van der Waals surface area contributed by atoms with Gasteiger partial charge in [0, 0.05) is 0 Å². The van der Waals surface area contributed by atoms with Gasteiger partial charge in [0.15, 0.2) is 0 Å². The average molecular weight is 221 g/mol. The van der Waals surface area contributed by atoms with Gasteiger partial charge in [-0.1, -0.05) is 29.4 Å². The molecule has 0 aliphatic carbocycles. The van der Waals surface area contributed by atoms with Gasteiger partial charge in [0.1, 0.15) is 7.11 Å². The molecule has 1 rings (SSSR count). The van der Waals surface area contributed by atoms with Crippen LogP contribution in [-0.2, 0) is 20.8 Å². The minimum Gasteiger partial charge on any atom is -0.466 e. The lowest BCUT2D eigenvalue weighted by Gasteiger charge is -2.04. The van der Waals surface area contributed by atoms with E-state index < -0.39 is 0 Å². The fraction of sp³-hybridized carbons (Fsp3) is 0.333. The number of ether oxygens (including phenoxy) is 1. The van der Waals surface area contributed by atoms with E-state index in [1.807, 2.05) is 24.3 Å². The number of hydrogen-bond acceptors (Lipinski definition) is 4. The number of rotatable bonds is 5. The molecule has 0 bridgehead atoms. The molecule has 0 aromatic heterocycles. The van der Waals surface area contributed by atoms with Crippen molar-refractivity contribution in [2.24, 2.45) is 5.16 Å². The lowest BCUT2D eigenvalue weighted by molar-refractivity contribution is -0.142. The van der Waals surface area contributed by atoms with Gasteiger partial charge < -0.3 is 9.57 Å². The maximum atomic E-state index is 11.3. The number of benzene rings is 1. The highest BCUT2D eigenvalue weighted by molar-refractivity contribution is 5.84. The van der Waals surface area contributed by atoms with E-state index >= 15 is 0 Å². The second-order valence-electron chi connectivity index (χ2n) is 3.10. The zero-order valence-electron chi connectivity index (χ0n) is 9.47. The van der Waals surface area contributed by atoms with Gasteiger partial charge in [-0.15, -0.1) is 0 Å². The first kappa shape index (κ1) is 12.2. The third-order valence-corrected chi connectivity index (χ3v) is 1.99. The predicted molar refractivity (Wildman–Crippen MR) is 61.4 cm³/mol. The van der Waals surface area contributed by atoms with Crippen molar-refractivity contribution in [2.75, 3.05) is 13.7 Å². The maximum absolute atomic E-state index is 11.3. The minimum atomic E-state index is -0.235. The Labute approximate surface area is 94.9 Å². The lowest BCUT2D eigenvalue weighted by Crippen LogP contribution is -2.09. The molecule has 0 amide bonds. The Balaban J connectivity index is 2.78. The summed E-state index contributed by atoms with van der Waals surface area (Å²) in [6.45, 7) is 2.18. The summed E-state index contributed by atoms with van der Waals surface area (Å²) in [5.41, 5.74) is 1.74. The molecule has 0 saturated carbocycles. The van der Waals surface area contributed by atoms with Crippen molar-refractivity contribution in [2.45, 2.75) is 13.3 Å². The topological polar surface area (TPSA) is 47.9 Å². The van der Waals surface area contributed by atoms with Crippen LogP contribution in [0.3, 0.4) is 0 Å². The predicted octanol–water partition coefficient (Wildman–Crippen LogP) is 1.77. The molecular weight excluding hydrogens is 206 g/mol. The van der Waals surface area contributed by atoms with Gasteiger partial charge >= 0.3 is 5.97 Å². The summed E-state index contributed by atoms with van der Waals surface area (Å²) < 4.78 is 4.89. The number of esters is 1. The van der Waals surface area contributed by atoms with E-state index in [1.165, 1.54) is 7.11 Å². The second-order valence-corrected chi connectivity index (χ2v) is 3.10. The Morgan fingerprint density at radius 2 is 2.19 bits per heavy atom. The van der Waals surface area contributed by atoms with Gasteiger partial charge in [0.05, 0.1) is 19.2 Å². The molecule has 4 heteroatoms. The first-order valence-electron chi connectivity index (χ1n) is 5.08. The van der Waals surface area contributed by atoms with Gasteiger partial charge in [-0.25, -0.2) is 0 Å². The summed E-state index contributed by atoms with van der Waals surface area (Å²) in [7, 11) is 1.48. The highest BCUT2D eigenvalue weighted by Gasteiger charge is 2.06. The first-order chi connectivity index (χ1) is 7.77. The summed E-state index contributed by atoms with van der Waals surface area (Å²) in [5.74, 6) is -0.235. The summed E-state index contributed by atoms with van der Waals surface area (Å²) in [6.07, 6.45) is 1.83.